The minimum Gasteiger partial charge on any atom is -0.368 e. The first-order chi connectivity index (χ1) is 18.8. The third-order valence-corrected chi connectivity index (χ3v) is 9.54. The highest BCUT2D eigenvalue weighted by Crippen LogP contribution is 2.44. The van der Waals surface area contributed by atoms with Crippen LogP contribution in [0.4, 0.5) is 16.2 Å². The highest BCUT2D eigenvalue weighted by molar-refractivity contribution is 7.90. The molecular weight excluding hydrogens is 532 g/mol. The number of benzene rings is 4. The Morgan fingerprint density at radius 3 is 2.23 bits per heavy atom. The van der Waals surface area contributed by atoms with Crippen molar-refractivity contribution in [3.63, 3.8) is 0 Å². The van der Waals surface area contributed by atoms with Gasteiger partial charge in [0.15, 0.2) is 0 Å². The summed E-state index contributed by atoms with van der Waals surface area (Å²) in [7, 11) is -2.16. The van der Waals surface area contributed by atoms with Crippen molar-refractivity contribution in [2.75, 3.05) is 43.0 Å². The van der Waals surface area contributed by atoms with Crippen molar-refractivity contribution < 1.29 is 13.2 Å². The fourth-order valence-electron chi connectivity index (χ4n) is 5.42. The molecule has 0 aliphatic carbocycles. The summed E-state index contributed by atoms with van der Waals surface area (Å²) < 4.78 is 29.8. The van der Waals surface area contributed by atoms with Crippen LogP contribution in [0.15, 0.2) is 89.8 Å². The SMILES string of the molecule is CN1CCN(c2cc(Cl)cc3c2S(=O)(=O)N(Cc2cccc4ccccc24)C(=O)N3Cc2ccccc2)CC1. The number of nitrogens with zero attached hydrogens (tertiary/aromatic N) is 4. The van der Waals surface area contributed by atoms with Crippen LogP contribution in [0.1, 0.15) is 11.1 Å². The van der Waals surface area contributed by atoms with Crippen molar-refractivity contribution in [1.29, 1.82) is 0 Å². The molecular formula is C30H29ClN4O3S. The molecule has 2 heterocycles. The van der Waals surface area contributed by atoms with Crippen molar-refractivity contribution in [2.24, 2.45) is 0 Å². The zero-order chi connectivity index (χ0) is 27.1. The Balaban J connectivity index is 1.52. The van der Waals surface area contributed by atoms with Gasteiger partial charge in [-0.25, -0.2) is 17.5 Å². The summed E-state index contributed by atoms with van der Waals surface area (Å²) in [6, 6.07) is 25.9. The number of hydrogen-bond acceptors (Lipinski definition) is 5. The van der Waals surface area contributed by atoms with E-state index in [9.17, 15) is 13.2 Å². The zero-order valence-electron chi connectivity index (χ0n) is 21.6. The van der Waals surface area contributed by atoms with E-state index in [4.69, 9.17) is 11.6 Å². The fourth-order valence-corrected chi connectivity index (χ4v) is 7.35. The van der Waals surface area contributed by atoms with Gasteiger partial charge in [-0.3, -0.25) is 4.90 Å². The number of halogens is 1. The van der Waals surface area contributed by atoms with Crippen LogP contribution >= 0.6 is 11.6 Å². The summed E-state index contributed by atoms with van der Waals surface area (Å²) in [5, 5.41) is 2.30. The van der Waals surface area contributed by atoms with Gasteiger partial charge in [0.1, 0.15) is 4.90 Å². The number of carbonyl (C=O) groups is 1. The van der Waals surface area contributed by atoms with Gasteiger partial charge in [-0.15, -0.1) is 0 Å². The number of rotatable bonds is 5. The number of amides is 2. The normalized spacial score (nSPS) is 17.5. The lowest BCUT2D eigenvalue weighted by Gasteiger charge is -2.40. The van der Waals surface area contributed by atoms with Gasteiger partial charge in [0.25, 0.3) is 10.0 Å². The maximum atomic E-state index is 14.4. The molecule has 0 saturated carbocycles. The van der Waals surface area contributed by atoms with E-state index < -0.39 is 16.1 Å². The number of fused-ring (bicyclic) bond motifs is 2. The van der Waals surface area contributed by atoms with Crippen LogP contribution in [-0.2, 0) is 23.1 Å². The number of sulfonamides is 1. The molecule has 1 fully saturated rings. The Labute approximate surface area is 233 Å². The Morgan fingerprint density at radius 1 is 0.795 bits per heavy atom. The van der Waals surface area contributed by atoms with Gasteiger partial charge in [0.2, 0.25) is 0 Å². The molecule has 6 rings (SSSR count). The number of piperazine rings is 1. The van der Waals surface area contributed by atoms with E-state index in [1.165, 1.54) is 0 Å². The lowest BCUT2D eigenvalue weighted by Crippen LogP contribution is -2.51. The summed E-state index contributed by atoms with van der Waals surface area (Å²) in [6.07, 6.45) is 0. The standard InChI is InChI=1S/C30H29ClN4O3S/c1-32-14-16-33(17-15-32)27-18-25(31)19-28-29(27)39(37,38)35(30(36)34(28)20-22-8-3-2-4-9-22)21-24-12-7-11-23-10-5-6-13-26(23)24/h2-13,18-19H,14-17,20-21H2,1H3. The van der Waals surface area contributed by atoms with E-state index in [0.717, 1.165) is 39.3 Å². The molecule has 200 valence electrons. The van der Waals surface area contributed by atoms with E-state index >= 15 is 0 Å². The van der Waals surface area contributed by atoms with E-state index in [1.54, 1.807) is 17.0 Å². The summed E-state index contributed by atoms with van der Waals surface area (Å²) in [4.78, 5) is 20.0. The average Bonchev–Trinajstić information content (AvgIpc) is 2.94. The number of hydrogen-bond donors (Lipinski definition) is 0. The molecule has 2 aliphatic rings. The number of anilines is 2. The monoisotopic (exact) mass is 560 g/mol. The van der Waals surface area contributed by atoms with Crippen LogP contribution < -0.4 is 9.80 Å². The van der Waals surface area contributed by atoms with Gasteiger partial charge in [-0.2, -0.15) is 0 Å². The van der Waals surface area contributed by atoms with Crippen LogP contribution in [0.2, 0.25) is 5.02 Å². The number of urea groups is 1. The van der Waals surface area contributed by atoms with Crippen molar-refractivity contribution in [2.45, 2.75) is 18.0 Å². The summed E-state index contributed by atoms with van der Waals surface area (Å²) in [5.41, 5.74) is 2.52. The fraction of sp³-hybridized carbons (Fsp3) is 0.233. The maximum Gasteiger partial charge on any atom is 0.339 e. The molecule has 0 aromatic heterocycles. The Hall–Kier alpha value is -3.59. The van der Waals surface area contributed by atoms with Gasteiger partial charge >= 0.3 is 6.03 Å². The molecule has 1 saturated heterocycles. The summed E-state index contributed by atoms with van der Waals surface area (Å²) in [6.45, 7) is 3.07. The lowest BCUT2D eigenvalue weighted by molar-refractivity contribution is 0.226. The molecule has 0 unspecified atom stereocenters. The van der Waals surface area contributed by atoms with Crippen LogP contribution in [0.3, 0.4) is 0 Å². The molecule has 4 aromatic rings. The highest BCUT2D eigenvalue weighted by atomic mass is 35.5. The van der Waals surface area contributed by atoms with Crippen molar-refractivity contribution in [3.8, 4) is 0 Å². The first-order valence-corrected chi connectivity index (χ1v) is 14.8. The van der Waals surface area contributed by atoms with Gasteiger partial charge < -0.3 is 9.80 Å². The molecule has 4 aromatic carbocycles. The molecule has 0 radical (unpaired) electrons. The minimum absolute atomic E-state index is 0.0714. The zero-order valence-corrected chi connectivity index (χ0v) is 23.2. The minimum atomic E-state index is -4.21. The van der Waals surface area contributed by atoms with Crippen molar-refractivity contribution in [3.05, 3.63) is 101 Å². The molecule has 39 heavy (non-hydrogen) atoms. The topological polar surface area (TPSA) is 64.2 Å². The third kappa shape index (κ3) is 4.73. The third-order valence-electron chi connectivity index (χ3n) is 7.52. The molecule has 0 atom stereocenters. The van der Waals surface area contributed by atoms with E-state index in [0.29, 0.717) is 29.5 Å². The van der Waals surface area contributed by atoms with Crippen LogP contribution in [-0.4, -0.2) is 56.9 Å². The molecule has 0 bridgehead atoms. The molecule has 2 amide bonds. The van der Waals surface area contributed by atoms with Gasteiger partial charge in [-0.1, -0.05) is 84.4 Å². The second-order valence-corrected chi connectivity index (χ2v) is 12.3. The van der Waals surface area contributed by atoms with E-state index in [-0.39, 0.29) is 18.0 Å². The first kappa shape index (κ1) is 25.7. The first-order valence-electron chi connectivity index (χ1n) is 12.9. The summed E-state index contributed by atoms with van der Waals surface area (Å²) in [5.74, 6) is 0. The second-order valence-electron chi connectivity index (χ2n) is 10.1. The molecule has 0 N–H and O–H groups in total. The number of likely N-dealkylation sites (N-methyl/N-ethyl adjacent to an activating group) is 1. The number of carbonyl (C=O) groups excluding carboxylic acids is 1. The lowest BCUT2D eigenvalue weighted by atomic mass is 10.0. The summed E-state index contributed by atoms with van der Waals surface area (Å²) >= 11 is 6.59. The highest BCUT2D eigenvalue weighted by Gasteiger charge is 2.44. The average molecular weight is 561 g/mol. The molecule has 2 aliphatic heterocycles. The van der Waals surface area contributed by atoms with E-state index in [2.05, 4.69) is 9.80 Å². The molecule has 7 nitrogen and oxygen atoms in total. The molecule has 9 heteroatoms. The Kier molecular flexibility index (Phi) is 6.71. The Bertz CT molecular complexity index is 1650. The van der Waals surface area contributed by atoms with Gasteiger partial charge in [-0.05, 0) is 41.1 Å². The Morgan fingerprint density at radius 2 is 1.46 bits per heavy atom. The van der Waals surface area contributed by atoms with E-state index in [1.807, 2.05) is 79.8 Å². The van der Waals surface area contributed by atoms with Crippen molar-refractivity contribution >= 4 is 49.8 Å². The quantitative estimate of drug-likeness (QED) is 0.319. The van der Waals surface area contributed by atoms with Crippen LogP contribution in [0, 0.1) is 0 Å². The van der Waals surface area contributed by atoms with Gasteiger partial charge in [0, 0.05) is 31.2 Å². The molecule has 0 spiro atoms. The van der Waals surface area contributed by atoms with Crippen LogP contribution in [0.25, 0.3) is 10.8 Å². The maximum absolute atomic E-state index is 14.4. The van der Waals surface area contributed by atoms with Crippen LogP contribution in [0.5, 0.6) is 0 Å². The smallest absolute Gasteiger partial charge is 0.339 e. The second kappa shape index (κ2) is 10.2. The van der Waals surface area contributed by atoms with Gasteiger partial charge in [0.05, 0.1) is 24.5 Å². The predicted octanol–water partition coefficient (Wildman–Crippen LogP) is 5.58. The van der Waals surface area contributed by atoms with Crippen molar-refractivity contribution in [1.82, 2.24) is 9.21 Å². The predicted molar refractivity (Wildman–Crippen MR) is 156 cm³/mol. The largest absolute Gasteiger partial charge is 0.368 e.